The number of piperidine rings is 1. The number of halogens is 3. The number of aromatic nitrogens is 2. The number of nitrogens with zero attached hydrogens (tertiary/aromatic N) is 3. The van der Waals surface area contributed by atoms with Crippen molar-refractivity contribution in [3.05, 3.63) is 70.1 Å². The van der Waals surface area contributed by atoms with E-state index in [1.54, 1.807) is 23.7 Å². The summed E-state index contributed by atoms with van der Waals surface area (Å²) in [5.74, 6) is -0.0350. The first kappa shape index (κ1) is 20.9. The van der Waals surface area contributed by atoms with E-state index in [0.717, 1.165) is 24.2 Å². The number of para-hydroxylation sites is 1. The van der Waals surface area contributed by atoms with E-state index >= 15 is 0 Å². The van der Waals surface area contributed by atoms with Crippen molar-refractivity contribution in [1.82, 2.24) is 14.9 Å². The lowest BCUT2D eigenvalue weighted by molar-refractivity contribution is -0.137. The van der Waals surface area contributed by atoms with Crippen LogP contribution in [0.5, 0.6) is 0 Å². The van der Waals surface area contributed by atoms with Crippen molar-refractivity contribution in [2.75, 3.05) is 18.0 Å². The fourth-order valence-electron chi connectivity index (χ4n) is 3.91. The molecule has 1 amide bonds. The van der Waals surface area contributed by atoms with Gasteiger partial charge >= 0.3 is 6.18 Å². The molecular formula is C22H21F3N4O2. The number of nitrogens with one attached hydrogen (secondary N) is 1. The van der Waals surface area contributed by atoms with Gasteiger partial charge in [0.1, 0.15) is 11.4 Å². The summed E-state index contributed by atoms with van der Waals surface area (Å²) in [6.07, 6.45) is -0.648. The summed E-state index contributed by atoms with van der Waals surface area (Å²) in [6, 6.07) is 9.17. The van der Waals surface area contributed by atoms with Crippen molar-refractivity contribution in [3.8, 4) is 0 Å². The lowest BCUT2D eigenvalue weighted by Gasteiger charge is -2.34. The molecule has 1 aliphatic rings. The molecule has 1 saturated heterocycles. The van der Waals surface area contributed by atoms with E-state index in [-0.39, 0.29) is 17.0 Å². The minimum Gasteiger partial charge on any atom is -0.355 e. The van der Waals surface area contributed by atoms with Gasteiger partial charge in [0.2, 0.25) is 5.43 Å². The third-order valence-corrected chi connectivity index (χ3v) is 5.50. The SMILES string of the molecule is Cn1cc(C(=O)NC2CCCN(c3ccc(C(F)(F)F)cn3)C2)c(=O)c2ccccc21. The van der Waals surface area contributed by atoms with Gasteiger partial charge in [-0.05, 0) is 37.1 Å². The van der Waals surface area contributed by atoms with E-state index in [4.69, 9.17) is 0 Å². The van der Waals surface area contributed by atoms with Crippen molar-refractivity contribution in [1.29, 1.82) is 0 Å². The van der Waals surface area contributed by atoms with Crippen LogP contribution in [0, 0.1) is 0 Å². The second kappa shape index (κ2) is 8.05. The second-order valence-corrected chi connectivity index (χ2v) is 7.66. The average Bonchev–Trinajstić information content (AvgIpc) is 2.76. The number of carbonyl (C=O) groups is 1. The molecule has 3 aromatic rings. The fourth-order valence-corrected chi connectivity index (χ4v) is 3.91. The Balaban J connectivity index is 1.50. The van der Waals surface area contributed by atoms with Crippen molar-refractivity contribution in [2.24, 2.45) is 7.05 Å². The number of rotatable bonds is 3. The van der Waals surface area contributed by atoms with Crippen LogP contribution in [0.15, 0.2) is 53.6 Å². The van der Waals surface area contributed by atoms with Gasteiger partial charge in [-0.25, -0.2) is 4.98 Å². The fraction of sp³-hybridized carbons (Fsp3) is 0.318. The average molecular weight is 430 g/mol. The third kappa shape index (κ3) is 4.26. The Bertz CT molecular complexity index is 1170. The molecule has 6 nitrogen and oxygen atoms in total. The molecule has 0 spiro atoms. The Hall–Kier alpha value is -3.36. The summed E-state index contributed by atoms with van der Waals surface area (Å²) in [7, 11) is 1.77. The molecule has 1 unspecified atom stereocenters. The van der Waals surface area contributed by atoms with Crippen LogP contribution in [0.3, 0.4) is 0 Å². The van der Waals surface area contributed by atoms with Gasteiger partial charge in [0.15, 0.2) is 0 Å². The lowest BCUT2D eigenvalue weighted by Crippen LogP contribution is -2.48. The minimum absolute atomic E-state index is 0.0611. The van der Waals surface area contributed by atoms with Crippen molar-refractivity contribution < 1.29 is 18.0 Å². The number of benzene rings is 1. The number of anilines is 1. The Kier molecular flexibility index (Phi) is 5.43. The van der Waals surface area contributed by atoms with Crippen LogP contribution in [-0.2, 0) is 13.2 Å². The summed E-state index contributed by atoms with van der Waals surface area (Å²) >= 11 is 0. The molecule has 0 bridgehead atoms. The van der Waals surface area contributed by atoms with Crippen molar-refractivity contribution in [3.63, 3.8) is 0 Å². The summed E-state index contributed by atoms with van der Waals surface area (Å²) in [4.78, 5) is 31.4. The van der Waals surface area contributed by atoms with E-state index in [9.17, 15) is 22.8 Å². The van der Waals surface area contributed by atoms with Gasteiger partial charge in [-0.15, -0.1) is 0 Å². The monoisotopic (exact) mass is 430 g/mol. The van der Waals surface area contributed by atoms with Crippen LogP contribution < -0.4 is 15.6 Å². The smallest absolute Gasteiger partial charge is 0.355 e. The Morgan fingerprint density at radius 1 is 1.19 bits per heavy atom. The van der Waals surface area contributed by atoms with E-state index in [0.29, 0.717) is 30.7 Å². The van der Waals surface area contributed by atoms with E-state index in [2.05, 4.69) is 10.3 Å². The maximum Gasteiger partial charge on any atom is 0.417 e. The van der Waals surface area contributed by atoms with Crippen LogP contribution in [-0.4, -0.2) is 34.6 Å². The van der Waals surface area contributed by atoms with Crippen LogP contribution >= 0.6 is 0 Å². The Labute approximate surface area is 176 Å². The number of alkyl halides is 3. The highest BCUT2D eigenvalue weighted by Gasteiger charge is 2.31. The van der Waals surface area contributed by atoms with Crippen LogP contribution in [0.2, 0.25) is 0 Å². The molecule has 1 aromatic carbocycles. The Morgan fingerprint density at radius 2 is 1.97 bits per heavy atom. The number of carbonyl (C=O) groups excluding carboxylic acids is 1. The topological polar surface area (TPSA) is 67.2 Å². The number of pyridine rings is 2. The zero-order valence-electron chi connectivity index (χ0n) is 16.8. The molecular weight excluding hydrogens is 409 g/mol. The summed E-state index contributed by atoms with van der Waals surface area (Å²) in [6.45, 7) is 1.03. The second-order valence-electron chi connectivity index (χ2n) is 7.66. The van der Waals surface area contributed by atoms with Gasteiger partial charge < -0.3 is 14.8 Å². The van der Waals surface area contributed by atoms with Crippen LogP contribution in [0.25, 0.3) is 10.9 Å². The van der Waals surface area contributed by atoms with Gasteiger partial charge in [-0.1, -0.05) is 12.1 Å². The quantitative estimate of drug-likeness (QED) is 0.692. The highest BCUT2D eigenvalue weighted by Crippen LogP contribution is 2.29. The predicted octanol–water partition coefficient (Wildman–Crippen LogP) is 3.35. The highest BCUT2D eigenvalue weighted by molar-refractivity contribution is 5.97. The standard InChI is InChI=1S/C22H21F3N4O2/c1-28-13-17(20(30)16-6-2-3-7-18(16)28)21(31)27-15-5-4-10-29(12-15)19-9-8-14(11-26-19)22(23,24)25/h2-3,6-9,11,13,15H,4-5,10,12H2,1H3,(H,27,31). The molecule has 0 radical (unpaired) electrons. The Morgan fingerprint density at radius 3 is 2.68 bits per heavy atom. The van der Waals surface area contributed by atoms with Gasteiger partial charge in [0, 0.05) is 44.0 Å². The predicted molar refractivity (Wildman–Crippen MR) is 111 cm³/mol. The maximum absolute atomic E-state index is 12.8. The maximum atomic E-state index is 12.8. The molecule has 1 aliphatic heterocycles. The number of fused-ring (bicyclic) bond motifs is 1. The third-order valence-electron chi connectivity index (χ3n) is 5.50. The van der Waals surface area contributed by atoms with Gasteiger partial charge in [0.05, 0.1) is 11.1 Å². The summed E-state index contributed by atoms with van der Waals surface area (Å²) in [5, 5.41) is 3.37. The van der Waals surface area contributed by atoms with Crippen molar-refractivity contribution >= 4 is 22.6 Å². The van der Waals surface area contributed by atoms with Gasteiger partial charge in [0.25, 0.3) is 5.91 Å². The molecule has 0 aliphatic carbocycles. The molecule has 1 atom stereocenters. The molecule has 0 saturated carbocycles. The molecule has 1 N–H and O–H groups in total. The number of amides is 1. The van der Waals surface area contributed by atoms with Gasteiger partial charge in [-0.3, -0.25) is 9.59 Å². The highest BCUT2D eigenvalue weighted by atomic mass is 19.4. The number of hydrogen-bond acceptors (Lipinski definition) is 4. The minimum atomic E-state index is -4.43. The zero-order chi connectivity index (χ0) is 22.2. The molecule has 2 aromatic heterocycles. The van der Waals surface area contributed by atoms with Crippen molar-refractivity contribution in [2.45, 2.75) is 25.1 Å². The molecule has 4 rings (SSSR count). The molecule has 3 heterocycles. The normalized spacial score (nSPS) is 17.0. The molecule has 1 fully saturated rings. The first-order valence-corrected chi connectivity index (χ1v) is 9.91. The van der Waals surface area contributed by atoms with E-state index < -0.39 is 17.6 Å². The lowest BCUT2D eigenvalue weighted by atomic mass is 10.0. The zero-order valence-corrected chi connectivity index (χ0v) is 16.8. The first-order valence-electron chi connectivity index (χ1n) is 9.91. The first-order chi connectivity index (χ1) is 14.7. The number of aryl methyl sites for hydroxylation is 1. The number of hydrogen-bond donors (Lipinski definition) is 1. The summed E-state index contributed by atoms with van der Waals surface area (Å²) < 4.78 is 40.0. The van der Waals surface area contributed by atoms with E-state index in [1.165, 1.54) is 12.3 Å². The summed E-state index contributed by atoms with van der Waals surface area (Å²) in [5.41, 5.74) is -0.333. The van der Waals surface area contributed by atoms with Gasteiger partial charge in [-0.2, -0.15) is 13.2 Å². The van der Waals surface area contributed by atoms with E-state index in [1.807, 2.05) is 17.0 Å². The molecule has 31 heavy (non-hydrogen) atoms. The van der Waals surface area contributed by atoms with Crippen LogP contribution in [0.4, 0.5) is 19.0 Å². The molecule has 162 valence electrons. The largest absolute Gasteiger partial charge is 0.417 e. The van der Waals surface area contributed by atoms with Crippen LogP contribution in [0.1, 0.15) is 28.8 Å². The molecule has 9 heteroatoms.